The van der Waals surface area contributed by atoms with Crippen LogP contribution in [0.1, 0.15) is 74.9 Å². The maximum absolute atomic E-state index is 13.4. The molecule has 1 aliphatic heterocycles. The van der Waals surface area contributed by atoms with Crippen molar-refractivity contribution in [1.29, 1.82) is 0 Å². The molecule has 8 heteroatoms. The molecule has 0 spiro atoms. The lowest BCUT2D eigenvalue weighted by Gasteiger charge is -2.41. The number of nitrogens with one attached hydrogen (secondary N) is 1. The summed E-state index contributed by atoms with van der Waals surface area (Å²) in [6, 6.07) is 21.9. The molecule has 5 nitrogen and oxygen atoms in total. The number of likely N-dealkylation sites (tertiary alicyclic amines) is 1. The first-order valence-corrected chi connectivity index (χ1v) is 14.9. The van der Waals surface area contributed by atoms with Crippen LogP contribution in [0, 0.1) is 0 Å². The highest BCUT2D eigenvalue weighted by Gasteiger charge is 2.38. The van der Waals surface area contributed by atoms with E-state index in [0.29, 0.717) is 23.2 Å². The van der Waals surface area contributed by atoms with Gasteiger partial charge in [-0.3, -0.25) is 9.59 Å². The Bertz CT molecular complexity index is 1380. The van der Waals surface area contributed by atoms with Crippen molar-refractivity contribution < 1.29 is 27.5 Å². The van der Waals surface area contributed by atoms with Gasteiger partial charge in [-0.25, -0.2) is 0 Å². The second-order valence-corrected chi connectivity index (χ2v) is 12.4. The fraction of sp³-hybridized carbons (Fsp3) is 0.429. The van der Waals surface area contributed by atoms with Crippen LogP contribution >= 0.6 is 0 Å². The lowest BCUT2D eigenvalue weighted by molar-refractivity contribution is -0.156. The van der Waals surface area contributed by atoms with Gasteiger partial charge >= 0.3 is 12.1 Å². The van der Waals surface area contributed by atoms with Gasteiger partial charge in [0.2, 0.25) is 0 Å². The number of halogens is 3. The van der Waals surface area contributed by atoms with Gasteiger partial charge in [-0.2, -0.15) is 13.2 Å². The van der Waals surface area contributed by atoms with Crippen molar-refractivity contribution in [1.82, 2.24) is 10.2 Å². The summed E-state index contributed by atoms with van der Waals surface area (Å²) in [4.78, 5) is 28.7. The molecule has 0 saturated carbocycles. The number of hydrogen-bond donors (Lipinski definition) is 1. The van der Waals surface area contributed by atoms with Crippen molar-refractivity contribution in [2.24, 2.45) is 0 Å². The SMILES string of the molecule is CCC(CC(=O)OC(C)(C)C)(CN1CCC(NC(=O)c2ccccc2-c2ccc(C(F)(F)F)cc2)CC1)c1ccccc1. The Hall–Kier alpha value is -3.65. The van der Waals surface area contributed by atoms with Crippen molar-refractivity contribution in [3.8, 4) is 11.1 Å². The molecule has 1 aliphatic rings. The first kappa shape index (κ1) is 32.3. The summed E-state index contributed by atoms with van der Waals surface area (Å²) in [5.74, 6) is -0.460. The third kappa shape index (κ3) is 8.47. The van der Waals surface area contributed by atoms with Crippen molar-refractivity contribution >= 4 is 11.9 Å². The van der Waals surface area contributed by atoms with E-state index in [-0.39, 0.29) is 24.3 Å². The molecule has 43 heavy (non-hydrogen) atoms. The Labute approximate surface area is 252 Å². The third-order valence-corrected chi connectivity index (χ3v) is 8.11. The highest BCUT2D eigenvalue weighted by Crippen LogP contribution is 2.35. The van der Waals surface area contributed by atoms with Gasteiger partial charge in [0.1, 0.15) is 5.60 Å². The molecule has 0 bridgehead atoms. The van der Waals surface area contributed by atoms with E-state index < -0.39 is 22.8 Å². The molecule has 1 atom stereocenters. The molecule has 0 aromatic heterocycles. The van der Waals surface area contributed by atoms with Crippen LogP contribution in [0.3, 0.4) is 0 Å². The Morgan fingerprint density at radius 1 is 0.860 bits per heavy atom. The summed E-state index contributed by atoms with van der Waals surface area (Å²) in [6.45, 7) is 9.96. The number of alkyl halides is 3. The molecular formula is C35H41F3N2O3. The average molecular weight is 595 g/mol. The first-order chi connectivity index (χ1) is 20.3. The number of piperidine rings is 1. The second kappa shape index (κ2) is 13.3. The Morgan fingerprint density at radius 3 is 2.05 bits per heavy atom. The quantitative estimate of drug-likeness (QED) is 0.259. The smallest absolute Gasteiger partial charge is 0.416 e. The number of esters is 1. The second-order valence-electron chi connectivity index (χ2n) is 12.4. The molecule has 3 aromatic carbocycles. The minimum Gasteiger partial charge on any atom is -0.460 e. The van der Waals surface area contributed by atoms with Gasteiger partial charge in [-0.15, -0.1) is 0 Å². The number of hydrogen-bond acceptors (Lipinski definition) is 4. The van der Waals surface area contributed by atoms with Crippen LogP contribution in [-0.2, 0) is 21.1 Å². The fourth-order valence-corrected chi connectivity index (χ4v) is 5.83. The van der Waals surface area contributed by atoms with Crippen LogP contribution in [-0.4, -0.2) is 48.1 Å². The Kier molecular flexibility index (Phi) is 10.0. The van der Waals surface area contributed by atoms with Crippen molar-refractivity contribution in [2.45, 2.75) is 76.6 Å². The zero-order valence-corrected chi connectivity index (χ0v) is 25.3. The zero-order chi connectivity index (χ0) is 31.3. The number of rotatable bonds is 9. The summed E-state index contributed by atoms with van der Waals surface area (Å²) in [6.07, 6.45) is -1.88. The highest BCUT2D eigenvalue weighted by atomic mass is 19.4. The number of amides is 1. The van der Waals surface area contributed by atoms with E-state index in [4.69, 9.17) is 4.74 Å². The summed E-state index contributed by atoms with van der Waals surface area (Å²) < 4.78 is 44.8. The predicted octanol–water partition coefficient (Wildman–Crippen LogP) is 7.65. The normalized spacial score (nSPS) is 16.3. The van der Waals surface area contributed by atoms with E-state index in [9.17, 15) is 22.8 Å². The largest absolute Gasteiger partial charge is 0.460 e. The minimum atomic E-state index is -4.42. The number of benzene rings is 3. The van der Waals surface area contributed by atoms with Crippen LogP contribution < -0.4 is 5.32 Å². The topological polar surface area (TPSA) is 58.6 Å². The lowest BCUT2D eigenvalue weighted by Crippen LogP contribution is -2.49. The maximum Gasteiger partial charge on any atom is 0.416 e. The van der Waals surface area contributed by atoms with Crippen LogP contribution in [0.15, 0.2) is 78.9 Å². The van der Waals surface area contributed by atoms with E-state index in [0.717, 1.165) is 50.0 Å². The van der Waals surface area contributed by atoms with E-state index >= 15 is 0 Å². The lowest BCUT2D eigenvalue weighted by atomic mass is 9.74. The molecular weight excluding hydrogens is 553 g/mol. The maximum atomic E-state index is 13.4. The summed E-state index contributed by atoms with van der Waals surface area (Å²) in [7, 11) is 0. The Balaban J connectivity index is 1.42. The monoisotopic (exact) mass is 594 g/mol. The van der Waals surface area contributed by atoms with Crippen molar-refractivity contribution in [3.63, 3.8) is 0 Å². The first-order valence-electron chi connectivity index (χ1n) is 14.9. The van der Waals surface area contributed by atoms with Crippen LogP contribution in [0.5, 0.6) is 0 Å². The van der Waals surface area contributed by atoms with Crippen molar-refractivity contribution in [3.05, 3.63) is 95.6 Å². The van der Waals surface area contributed by atoms with Gasteiger partial charge in [0.05, 0.1) is 12.0 Å². The molecule has 1 unspecified atom stereocenters. The average Bonchev–Trinajstić information content (AvgIpc) is 2.97. The van der Waals surface area contributed by atoms with Gasteiger partial charge in [0.25, 0.3) is 5.91 Å². The number of carbonyl (C=O) groups is 2. The molecule has 4 rings (SSSR count). The zero-order valence-electron chi connectivity index (χ0n) is 25.3. The van der Waals surface area contributed by atoms with E-state index in [1.165, 1.54) is 12.1 Å². The Morgan fingerprint density at radius 2 is 1.47 bits per heavy atom. The molecule has 0 aliphatic carbocycles. The molecule has 3 aromatic rings. The standard InChI is InChI=1S/C35H41F3N2O3/c1-5-34(26-11-7-6-8-12-26,23-31(41)43-33(2,3)4)24-40-21-19-28(20-22-40)39-32(42)30-14-10-9-13-29(30)25-15-17-27(18-16-25)35(36,37)38/h6-18,28H,5,19-24H2,1-4H3,(H,39,42). The van der Waals surface area contributed by atoms with E-state index in [1.807, 2.05) is 39.0 Å². The third-order valence-electron chi connectivity index (χ3n) is 8.11. The predicted molar refractivity (Wildman–Crippen MR) is 163 cm³/mol. The van der Waals surface area contributed by atoms with Gasteiger partial charge < -0.3 is 15.0 Å². The fourth-order valence-electron chi connectivity index (χ4n) is 5.83. The molecule has 1 N–H and O–H groups in total. The van der Waals surface area contributed by atoms with Gasteiger partial charge in [0, 0.05) is 36.7 Å². The summed E-state index contributed by atoms with van der Waals surface area (Å²) in [5.41, 5.74) is 0.985. The van der Waals surface area contributed by atoms with Gasteiger partial charge in [-0.1, -0.05) is 67.6 Å². The number of carbonyl (C=O) groups excluding carboxylic acids is 2. The van der Waals surface area contributed by atoms with Crippen LogP contribution in [0.25, 0.3) is 11.1 Å². The summed E-state index contributed by atoms with van der Waals surface area (Å²) >= 11 is 0. The van der Waals surface area contributed by atoms with E-state index in [1.54, 1.807) is 24.3 Å². The van der Waals surface area contributed by atoms with Crippen molar-refractivity contribution in [2.75, 3.05) is 19.6 Å². The minimum absolute atomic E-state index is 0.0389. The highest BCUT2D eigenvalue weighted by molar-refractivity contribution is 6.01. The molecule has 1 heterocycles. The molecule has 230 valence electrons. The number of nitrogens with zero attached hydrogens (tertiary/aromatic N) is 1. The van der Waals surface area contributed by atoms with Crippen LogP contribution in [0.4, 0.5) is 13.2 Å². The summed E-state index contributed by atoms with van der Waals surface area (Å²) in [5, 5.41) is 3.15. The molecule has 1 saturated heterocycles. The van der Waals surface area contributed by atoms with Gasteiger partial charge in [0.15, 0.2) is 0 Å². The molecule has 1 amide bonds. The van der Waals surface area contributed by atoms with Crippen LogP contribution in [0.2, 0.25) is 0 Å². The van der Waals surface area contributed by atoms with Gasteiger partial charge in [-0.05, 0) is 74.9 Å². The molecule has 0 radical (unpaired) electrons. The number of ether oxygens (including phenoxy) is 1. The molecule has 1 fully saturated rings. The van der Waals surface area contributed by atoms with E-state index in [2.05, 4.69) is 29.3 Å².